The fourth-order valence-corrected chi connectivity index (χ4v) is 3.48. The number of carboxylic acid groups (broad SMARTS) is 1. The van der Waals surface area contributed by atoms with Crippen LogP contribution in [0.3, 0.4) is 0 Å². The summed E-state index contributed by atoms with van der Waals surface area (Å²) in [5, 5.41) is 9.03. The molecule has 0 bridgehead atoms. The van der Waals surface area contributed by atoms with E-state index in [-0.39, 0.29) is 31.0 Å². The van der Waals surface area contributed by atoms with Crippen LogP contribution in [0.1, 0.15) is 32.6 Å². The van der Waals surface area contributed by atoms with Crippen molar-refractivity contribution >= 4 is 23.2 Å². The molecule has 0 unspecified atom stereocenters. The minimum Gasteiger partial charge on any atom is -0.478 e. The van der Waals surface area contributed by atoms with E-state index in [1.165, 1.54) is 22.3 Å². The Kier molecular flexibility index (Phi) is 3.86. The lowest BCUT2D eigenvalue weighted by Crippen LogP contribution is -2.35. The Morgan fingerprint density at radius 3 is 2.84 bits per heavy atom. The molecule has 1 fully saturated rings. The van der Waals surface area contributed by atoms with Gasteiger partial charge >= 0.3 is 5.97 Å². The number of likely N-dealkylation sites (tertiary alicyclic amines) is 1. The van der Waals surface area contributed by atoms with Gasteiger partial charge in [0.1, 0.15) is 6.17 Å². The average molecular weight is 286 g/mol. The molecule has 0 spiro atoms. The standard InChI is InChI=1S/C12H15FN2O3S/c1-6-8(12(17)18)3-10(19-6)9-2-7(13)5-15(9)11(16)4-14/h3,7,9H,2,4-5,14H2,1H3,(H,17,18)/t7-,9+/m1/s1. The van der Waals surface area contributed by atoms with E-state index in [9.17, 15) is 14.0 Å². The van der Waals surface area contributed by atoms with Crippen LogP contribution >= 0.6 is 11.3 Å². The van der Waals surface area contributed by atoms with E-state index in [2.05, 4.69) is 0 Å². The van der Waals surface area contributed by atoms with Gasteiger partial charge in [0, 0.05) is 16.2 Å². The number of nitrogens with two attached hydrogens (primary N) is 1. The lowest BCUT2D eigenvalue weighted by molar-refractivity contribution is -0.130. The van der Waals surface area contributed by atoms with Crippen LogP contribution in [0.5, 0.6) is 0 Å². The van der Waals surface area contributed by atoms with E-state index in [0.29, 0.717) is 9.75 Å². The van der Waals surface area contributed by atoms with Gasteiger partial charge in [-0.3, -0.25) is 4.79 Å². The lowest BCUT2D eigenvalue weighted by atomic mass is 10.1. The monoisotopic (exact) mass is 286 g/mol. The van der Waals surface area contributed by atoms with Crippen molar-refractivity contribution in [3.63, 3.8) is 0 Å². The predicted octanol–water partition coefficient (Wildman–Crippen LogP) is 1.32. The highest BCUT2D eigenvalue weighted by atomic mass is 32.1. The number of halogens is 1. The van der Waals surface area contributed by atoms with Crippen LogP contribution in [0.25, 0.3) is 0 Å². The molecule has 1 aromatic rings. The van der Waals surface area contributed by atoms with Crippen molar-refractivity contribution in [2.24, 2.45) is 5.73 Å². The second-order valence-electron chi connectivity index (χ2n) is 4.52. The molecule has 2 rings (SSSR count). The Morgan fingerprint density at radius 1 is 1.63 bits per heavy atom. The number of carbonyl (C=O) groups is 2. The predicted molar refractivity (Wildman–Crippen MR) is 69.0 cm³/mol. The van der Waals surface area contributed by atoms with Gasteiger partial charge in [-0.2, -0.15) is 0 Å². The van der Waals surface area contributed by atoms with E-state index in [4.69, 9.17) is 10.8 Å². The fourth-order valence-electron chi connectivity index (χ4n) is 2.33. The van der Waals surface area contributed by atoms with Gasteiger partial charge in [0.25, 0.3) is 0 Å². The number of thiophene rings is 1. The minimum atomic E-state index is -1.09. The Balaban J connectivity index is 2.31. The van der Waals surface area contributed by atoms with Gasteiger partial charge in [0.2, 0.25) is 5.91 Å². The number of carbonyl (C=O) groups excluding carboxylic acids is 1. The van der Waals surface area contributed by atoms with Gasteiger partial charge in [-0.25, -0.2) is 9.18 Å². The molecule has 7 heteroatoms. The first-order valence-corrected chi connectivity index (χ1v) is 6.73. The Labute approximate surface area is 113 Å². The fraction of sp³-hybridized carbons (Fsp3) is 0.500. The molecule has 2 heterocycles. The van der Waals surface area contributed by atoms with Crippen molar-refractivity contribution in [2.45, 2.75) is 25.6 Å². The maximum atomic E-state index is 13.5. The number of alkyl halides is 1. The van der Waals surface area contributed by atoms with Crippen molar-refractivity contribution in [2.75, 3.05) is 13.1 Å². The zero-order chi connectivity index (χ0) is 14.2. The highest BCUT2D eigenvalue weighted by Crippen LogP contribution is 2.38. The first-order valence-electron chi connectivity index (χ1n) is 5.91. The second-order valence-corrected chi connectivity index (χ2v) is 5.81. The van der Waals surface area contributed by atoms with E-state index < -0.39 is 18.2 Å². The minimum absolute atomic E-state index is 0.0278. The number of aryl methyl sites for hydroxylation is 1. The molecule has 1 saturated heterocycles. The van der Waals surface area contributed by atoms with E-state index >= 15 is 0 Å². The van der Waals surface area contributed by atoms with Crippen LogP contribution in [-0.2, 0) is 4.79 Å². The third kappa shape index (κ3) is 2.62. The maximum Gasteiger partial charge on any atom is 0.336 e. The number of carboxylic acids is 1. The number of aromatic carboxylic acids is 1. The van der Waals surface area contributed by atoms with Crippen LogP contribution in [0.15, 0.2) is 6.07 Å². The molecule has 104 valence electrons. The SMILES string of the molecule is Cc1sc([C@@H]2C[C@@H](F)CN2C(=O)CN)cc1C(=O)O. The molecule has 0 aromatic carbocycles. The van der Waals surface area contributed by atoms with Gasteiger partial charge in [-0.1, -0.05) is 0 Å². The van der Waals surface area contributed by atoms with Crippen molar-refractivity contribution in [1.29, 1.82) is 0 Å². The van der Waals surface area contributed by atoms with Gasteiger partial charge in [-0.15, -0.1) is 11.3 Å². The van der Waals surface area contributed by atoms with E-state index in [1.807, 2.05) is 0 Å². The molecule has 0 saturated carbocycles. The van der Waals surface area contributed by atoms with Crippen LogP contribution in [-0.4, -0.2) is 41.1 Å². The topological polar surface area (TPSA) is 83.6 Å². The van der Waals surface area contributed by atoms with Gasteiger partial charge in [0.15, 0.2) is 0 Å². The molecule has 1 amide bonds. The number of nitrogens with zero attached hydrogens (tertiary/aromatic N) is 1. The Hall–Kier alpha value is -1.47. The first kappa shape index (κ1) is 14.0. The third-order valence-electron chi connectivity index (χ3n) is 3.24. The smallest absolute Gasteiger partial charge is 0.336 e. The van der Waals surface area contributed by atoms with E-state index in [0.717, 1.165) is 0 Å². The molecule has 19 heavy (non-hydrogen) atoms. The van der Waals surface area contributed by atoms with Crippen LogP contribution in [0.2, 0.25) is 0 Å². The van der Waals surface area contributed by atoms with Gasteiger partial charge < -0.3 is 15.7 Å². The molecule has 0 radical (unpaired) electrons. The summed E-state index contributed by atoms with van der Waals surface area (Å²) < 4.78 is 13.5. The largest absolute Gasteiger partial charge is 0.478 e. The number of hydrogen-bond donors (Lipinski definition) is 2. The van der Waals surface area contributed by atoms with Gasteiger partial charge in [0.05, 0.1) is 24.7 Å². The summed E-state index contributed by atoms with van der Waals surface area (Å²) >= 11 is 1.29. The molecular formula is C12H15FN2O3S. The summed E-state index contributed by atoms with van der Waals surface area (Å²) in [5.41, 5.74) is 5.53. The summed E-state index contributed by atoms with van der Waals surface area (Å²) in [5.74, 6) is -1.32. The molecule has 1 aromatic heterocycles. The van der Waals surface area contributed by atoms with Crippen molar-refractivity contribution in [3.8, 4) is 0 Å². The lowest BCUT2D eigenvalue weighted by Gasteiger charge is -2.22. The summed E-state index contributed by atoms with van der Waals surface area (Å²) in [6.45, 7) is 1.56. The van der Waals surface area contributed by atoms with Crippen LogP contribution in [0, 0.1) is 6.92 Å². The maximum absolute atomic E-state index is 13.5. The third-order valence-corrected chi connectivity index (χ3v) is 4.39. The molecule has 3 N–H and O–H groups in total. The number of hydrogen-bond acceptors (Lipinski definition) is 4. The van der Waals surface area contributed by atoms with Crippen molar-refractivity contribution in [3.05, 3.63) is 21.4 Å². The van der Waals surface area contributed by atoms with Crippen LogP contribution < -0.4 is 5.73 Å². The van der Waals surface area contributed by atoms with E-state index in [1.54, 1.807) is 6.92 Å². The van der Waals surface area contributed by atoms with Crippen LogP contribution in [0.4, 0.5) is 4.39 Å². The summed E-state index contributed by atoms with van der Waals surface area (Å²) in [6, 6.07) is 1.13. The molecule has 0 aliphatic carbocycles. The van der Waals surface area contributed by atoms with Crippen molar-refractivity contribution in [1.82, 2.24) is 4.90 Å². The summed E-state index contributed by atoms with van der Waals surface area (Å²) in [7, 11) is 0. The number of amides is 1. The Morgan fingerprint density at radius 2 is 2.32 bits per heavy atom. The molecule has 2 atom stereocenters. The highest BCUT2D eigenvalue weighted by molar-refractivity contribution is 7.12. The normalized spacial score (nSPS) is 22.8. The quantitative estimate of drug-likeness (QED) is 0.878. The van der Waals surface area contributed by atoms with Gasteiger partial charge in [-0.05, 0) is 13.0 Å². The summed E-state index contributed by atoms with van der Waals surface area (Å²) in [4.78, 5) is 25.5. The Bertz CT molecular complexity index is 517. The zero-order valence-corrected chi connectivity index (χ0v) is 11.2. The molecule has 1 aliphatic heterocycles. The average Bonchev–Trinajstić information content (AvgIpc) is 2.91. The summed E-state index contributed by atoms with van der Waals surface area (Å²) in [6.07, 6.45) is -0.888. The first-order chi connectivity index (χ1) is 8.93. The zero-order valence-electron chi connectivity index (χ0n) is 10.4. The molecular weight excluding hydrogens is 271 g/mol. The highest BCUT2D eigenvalue weighted by Gasteiger charge is 2.37. The molecule has 5 nitrogen and oxygen atoms in total. The second kappa shape index (κ2) is 5.26. The molecule has 1 aliphatic rings. The van der Waals surface area contributed by atoms with Crippen molar-refractivity contribution < 1.29 is 19.1 Å². The number of rotatable bonds is 3.